The highest BCUT2D eigenvalue weighted by Gasteiger charge is 2.32. The van der Waals surface area contributed by atoms with Crippen molar-refractivity contribution in [2.45, 2.75) is 38.4 Å². The lowest BCUT2D eigenvalue weighted by Gasteiger charge is -2.40. The molecule has 0 aliphatic carbocycles. The lowest BCUT2D eigenvalue weighted by Crippen LogP contribution is -2.44. The van der Waals surface area contributed by atoms with Gasteiger partial charge in [-0.2, -0.15) is 5.26 Å². The molecule has 3 rings (SSSR count). The lowest BCUT2D eigenvalue weighted by atomic mass is 9.92. The Bertz CT molecular complexity index is 1060. The number of nitriles is 1. The molecule has 29 heavy (non-hydrogen) atoms. The molecule has 1 unspecified atom stereocenters. The SMILES string of the molecule is COC1(C)CCN(c2c(C#N)c(=O)[nH]c3cnc(C(C)OP(=O)(O)O)cc23)CC1. The van der Waals surface area contributed by atoms with Crippen LogP contribution >= 0.6 is 7.82 Å². The number of methoxy groups -OCH3 is 1. The van der Waals surface area contributed by atoms with E-state index in [4.69, 9.17) is 19.0 Å². The van der Waals surface area contributed by atoms with Gasteiger partial charge in [-0.25, -0.2) is 4.57 Å². The number of aromatic nitrogens is 2. The molecule has 0 spiro atoms. The second-order valence-electron chi connectivity index (χ2n) is 7.32. The molecule has 1 atom stereocenters. The topological polar surface area (TPSA) is 149 Å². The van der Waals surface area contributed by atoms with E-state index in [1.165, 1.54) is 13.1 Å². The highest BCUT2D eigenvalue weighted by atomic mass is 31.2. The van der Waals surface area contributed by atoms with Gasteiger partial charge >= 0.3 is 7.82 Å². The molecule has 1 saturated heterocycles. The van der Waals surface area contributed by atoms with E-state index in [0.717, 1.165) is 12.8 Å². The second-order valence-corrected chi connectivity index (χ2v) is 8.52. The maximum absolute atomic E-state index is 12.4. The molecular formula is C18H23N4O6P. The molecule has 11 heteroatoms. The van der Waals surface area contributed by atoms with Crippen molar-refractivity contribution >= 4 is 24.4 Å². The third kappa shape index (κ3) is 4.50. The van der Waals surface area contributed by atoms with Crippen LogP contribution in [-0.4, -0.2) is 45.6 Å². The fourth-order valence-corrected chi connectivity index (χ4v) is 4.04. The predicted octanol–water partition coefficient (Wildman–Crippen LogP) is 1.97. The number of nitrogens with zero attached hydrogens (tertiary/aromatic N) is 3. The molecule has 156 valence electrons. The molecule has 2 aromatic heterocycles. The first-order chi connectivity index (χ1) is 13.6. The smallest absolute Gasteiger partial charge is 0.378 e. The van der Waals surface area contributed by atoms with E-state index in [2.05, 4.69) is 9.97 Å². The van der Waals surface area contributed by atoms with Crippen molar-refractivity contribution in [2.24, 2.45) is 0 Å². The molecular weight excluding hydrogens is 399 g/mol. The zero-order valence-corrected chi connectivity index (χ0v) is 17.3. The van der Waals surface area contributed by atoms with E-state index in [-0.39, 0.29) is 16.9 Å². The summed E-state index contributed by atoms with van der Waals surface area (Å²) in [6.45, 7) is 4.66. The zero-order valence-electron chi connectivity index (χ0n) is 16.4. The highest BCUT2D eigenvalue weighted by Crippen LogP contribution is 2.42. The Morgan fingerprint density at radius 1 is 1.41 bits per heavy atom. The minimum atomic E-state index is -4.70. The Kier molecular flexibility index (Phi) is 5.81. The van der Waals surface area contributed by atoms with Crippen LogP contribution in [0, 0.1) is 11.3 Å². The Labute approximate surface area is 167 Å². The number of pyridine rings is 2. The fourth-order valence-electron chi connectivity index (χ4n) is 3.52. The zero-order chi connectivity index (χ0) is 21.4. The average molecular weight is 422 g/mol. The molecule has 10 nitrogen and oxygen atoms in total. The van der Waals surface area contributed by atoms with Crippen LogP contribution in [0.15, 0.2) is 17.1 Å². The summed E-state index contributed by atoms with van der Waals surface area (Å²) in [6.07, 6.45) is 1.86. The molecule has 1 aliphatic heterocycles. The van der Waals surface area contributed by atoms with Gasteiger partial charge in [0, 0.05) is 25.6 Å². The second kappa shape index (κ2) is 7.86. The van der Waals surface area contributed by atoms with Gasteiger partial charge in [0.05, 0.1) is 28.7 Å². The van der Waals surface area contributed by atoms with Crippen LogP contribution in [0.2, 0.25) is 0 Å². The summed E-state index contributed by atoms with van der Waals surface area (Å²) >= 11 is 0. The number of nitrogens with one attached hydrogen (secondary N) is 1. The first-order valence-corrected chi connectivity index (χ1v) is 10.6. The van der Waals surface area contributed by atoms with E-state index >= 15 is 0 Å². The van der Waals surface area contributed by atoms with Gasteiger partial charge in [-0.1, -0.05) is 0 Å². The summed E-state index contributed by atoms with van der Waals surface area (Å²) in [5, 5.41) is 10.2. The third-order valence-corrected chi connectivity index (χ3v) is 5.94. The number of hydrogen-bond donors (Lipinski definition) is 3. The van der Waals surface area contributed by atoms with E-state index in [9.17, 15) is 14.6 Å². The Hall–Kier alpha value is -2.28. The average Bonchev–Trinajstić information content (AvgIpc) is 2.66. The first-order valence-electron chi connectivity index (χ1n) is 9.07. The lowest BCUT2D eigenvalue weighted by molar-refractivity contribution is -0.0132. The monoisotopic (exact) mass is 422 g/mol. The maximum Gasteiger partial charge on any atom is 0.470 e. The molecule has 3 heterocycles. The van der Waals surface area contributed by atoms with Crippen LogP contribution < -0.4 is 10.5 Å². The van der Waals surface area contributed by atoms with Crippen molar-refractivity contribution in [1.82, 2.24) is 9.97 Å². The molecule has 2 aromatic rings. The molecule has 0 aromatic carbocycles. The van der Waals surface area contributed by atoms with Gasteiger partial charge in [0.2, 0.25) is 0 Å². The maximum atomic E-state index is 12.4. The molecule has 3 N–H and O–H groups in total. The number of hydrogen-bond acceptors (Lipinski definition) is 7. The molecule has 1 aliphatic rings. The van der Waals surface area contributed by atoms with E-state index in [1.54, 1.807) is 13.2 Å². The standard InChI is InChI=1S/C18H23N4O6P/c1-11(28-29(24,25)26)14-8-12-15(10-20-14)21-17(23)13(9-19)16(12)22-6-4-18(2,27-3)5-7-22/h8,10-11H,4-7H2,1-3H3,(H,21,23)(H2,24,25,26). The van der Waals surface area contributed by atoms with Crippen LogP contribution in [-0.2, 0) is 13.8 Å². The number of phosphoric acid groups is 1. The predicted molar refractivity (Wildman–Crippen MR) is 105 cm³/mol. The Balaban J connectivity index is 2.11. The summed E-state index contributed by atoms with van der Waals surface area (Å²) < 4.78 is 21.4. The minimum absolute atomic E-state index is 0.0146. The van der Waals surface area contributed by atoms with Crippen LogP contribution in [0.1, 0.15) is 44.1 Å². The van der Waals surface area contributed by atoms with Gasteiger partial charge in [0.1, 0.15) is 17.7 Å². The number of fused-ring (bicyclic) bond motifs is 1. The van der Waals surface area contributed by atoms with Gasteiger partial charge in [-0.3, -0.25) is 14.3 Å². The van der Waals surface area contributed by atoms with Gasteiger partial charge < -0.3 is 24.4 Å². The van der Waals surface area contributed by atoms with Gasteiger partial charge in [-0.05, 0) is 32.8 Å². The molecule has 1 fully saturated rings. The van der Waals surface area contributed by atoms with Crippen LogP contribution in [0.3, 0.4) is 0 Å². The van der Waals surface area contributed by atoms with E-state index < -0.39 is 19.5 Å². The van der Waals surface area contributed by atoms with E-state index in [1.807, 2.05) is 17.9 Å². The largest absolute Gasteiger partial charge is 0.470 e. The van der Waals surface area contributed by atoms with Crippen molar-refractivity contribution in [1.29, 1.82) is 5.26 Å². The minimum Gasteiger partial charge on any atom is -0.378 e. The summed E-state index contributed by atoms with van der Waals surface area (Å²) in [6, 6.07) is 3.57. The summed E-state index contributed by atoms with van der Waals surface area (Å²) in [7, 11) is -3.04. The molecule has 0 amide bonds. The van der Waals surface area contributed by atoms with Gasteiger partial charge in [-0.15, -0.1) is 0 Å². The number of anilines is 1. The molecule has 0 radical (unpaired) electrons. The summed E-state index contributed by atoms with van der Waals surface area (Å²) in [4.78, 5) is 39.3. The Morgan fingerprint density at radius 2 is 2.07 bits per heavy atom. The highest BCUT2D eigenvalue weighted by molar-refractivity contribution is 7.46. The molecule has 0 saturated carbocycles. The normalized spacial score (nSPS) is 17.9. The number of H-pyrrole nitrogens is 1. The number of rotatable bonds is 5. The number of aromatic amines is 1. The van der Waals surface area contributed by atoms with Crippen LogP contribution in [0.4, 0.5) is 5.69 Å². The van der Waals surface area contributed by atoms with Gasteiger partial charge in [0.25, 0.3) is 5.56 Å². The van der Waals surface area contributed by atoms with Crippen LogP contribution in [0.5, 0.6) is 0 Å². The number of ether oxygens (including phenoxy) is 1. The number of phosphoric ester groups is 1. The first kappa shape index (κ1) is 21.4. The fraction of sp³-hybridized carbons (Fsp3) is 0.500. The number of piperidine rings is 1. The summed E-state index contributed by atoms with van der Waals surface area (Å²) in [5.74, 6) is 0. The quantitative estimate of drug-likeness (QED) is 0.615. The van der Waals surface area contributed by atoms with Crippen molar-refractivity contribution < 1.29 is 23.6 Å². The molecule has 0 bridgehead atoms. The van der Waals surface area contributed by atoms with Crippen molar-refractivity contribution in [3.05, 3.63) is 33.9 Å². The van der Waals surface area contributed by atoms with E-state index in [0.29, 0.717) is 29.7 Å². The van der Waals surface area contributed by atoms with Gasteiger partial charge in [0.15, 0.2) is 0 Å². The Morgan fingerprint density at radius 3 is 2.62 bits per heavy atom. The third-order valence-electron chi connectivity index (χ3n) is 5.35. The summed E-state index contributed by atoms with van der Waals surface area (Å²) in [5.41, 5.74) is 0.395. The van der Waals surface area contributed by atoms with Crippen molar-refractivity contribution in [2.75, 3.05) is 25.1 Å². The van der Waals surface area contributed by atoms with Crippen LogP contribution in [0.25, 0.3) is 10.9 Å². The van der Waals surface area contributed by atoms with Crippen molar-refractivity contribution in [3.63, 3.8) is 0 Å². The van der Waals surface area contributed by atoms with Crippen molar-refractivity contribution in [3.8, 4) is 6.07 Å².